The minimum atomic E-state index is -0.651. The largest absolute Gasteiger partial charge is 0.354 e. The van der Waals surface area contributed by atoms with E-state index in [-0.39, 0.29) is 24.8 Å². The minimum absolute atomic E-state index is 0.0201. The third kappa shape index (κ3) is 7.28. The summed E-state index contributed by atoms with van der Waals surface area (Å²) < 4.78 is 0. The molecule has 0 spiro atoms. The van der Waals surface area contributed by atoms with E-state index in [0.29, 0.717) is 44.5 Å². The van der Waals surface area contributed by atoms with E-state index in [1.807, 2.05) is 20.8 Å². The van der Waals surface area contributed by atoms with E-state index >= 15 is 0 Å². The van der Waals surface area contributed by atoms with Gasteiger partial charge in [0.05, 0.1) is 16.5 Å². The monoisotopic (exact) mass is 502 g/mol. The molecule has 0 fully saturated rings. The SMILES string of the molecule is CC[C@H](C(=O)NCC(C)C)N(Cc1ccc(Cl)c(Cl)c1)C(=O)Cc1c(Cl)cccc1Cl. The van der Waals surface area contributed by atoms with Crippen LogP contribution in [0.5, 0.6) is 0 Å². The molecule has 2 aromatic carbocycles. The first-order valence-electron chi connectivity index (χ1n) is 10.1. The number of rotatable bonds is 9. The molecule has 8 heteroatoms. The molecule has 0 bridgehead atoms. The van der Waals surface area contributed by atoms with Gasteiger partial charge in [-0.2, -0.15) is 0 Å². The first-order valence-corrected chi connectivity index (χ1v) is 11.6. The molecule has 168 valence electrons. The van der Waals surface area contributed by atoms with Gasteiger partial charge in [0, 0.05) is 23.1 Å². The number of amides is 2. The van der Waals surface area contributed by atoms with Crippen LogP contribution >= 0.6 is 46.4 Å². The van der Waals surface area contributed by atoms with E-state index in [2.05, 4.69) is 5.32 Å². The van der Waals surface area contributed by atoms with Crippen molar-refractivity contribution in [3.05, 3.63) is 67.6 Å². The van der Waals surface area contributed by atoms with Crippen molar-refractivity contribution < 1.29 is 9.59 Å². The van der Waals surface area contributed by atoms with Gasteiger partial charge in [-0.3, -0.25) is 9.59 Å². The fourth-order valence-electron chi connectivity index (χ4n) is 3.13. The molecule has 31 heavy (non-hydrogen) atoms. The van der Waals surface area contributed by atoms with Crippen molar-refractivity contribution in [3.63, 3.8) is 0 Å². The summed E-state index contributed by atoms with van der Waals surface area (Å²) in [6, 6.07) is 9.61. The van der Waals surface area contributed by atoms with Crippen molar-refractivity contribution in [2.75, 3.05) is 6.54 Å². The Morgan fingerprint density at radius 2 is 1.61 bits per heavy atom. The van der Waals surface area contributed by atoms with E-state index in [1.165, 1.54) is 0 Å². The minimum Gasteiger partial charge on any atom is -0.354 e. The average molecular weight is 504 g/mol. The van der Waals surface area contributed by atoms with Crippen LogP contribution in [-0.2, 0) is 22.6 Å². The Morgan fingerprint density at radius 3 is 2.16 bits per heavy atom. The molecule has 4 nitrogen and oxygen atoms in total. The molecule has 0 aliphatic rings. The molecule has 1 atom stereocenters. The van der Waals surface area contributed by atoms with Gasteiger partial charge >= 0.3 is 0 Å². The molecule has 0 radical (unpaired) electrons. The maximum Gasteiger partial charge on any atom is 0.242 e. The lowest BCUT2D eigenvalue weighted by atomic mass is 10.1. The summed E-state index contributed by atoms with van der Waals surface area (Å²) in [6.45, 7) is 6.63. The predicted octanol–water partition coefficient (Wildman–Crippen LogP) is 6.42. The van der Waals surface area contributed by atoms with Crippen molar-refractivity contribution in [3.8, 4) is 0 Å². The molecule has 2 rings (SSSR count). The van der Waals surface area contributed by atoms with Crippen LogP contribution in [0.4, 0.5) is 0 Å². The van der Waals surface area contributed by atoms with Crippen molar-refractivity contribution in [2.24, 2.45) is 5.92 Å². The molecule has 0 aliphatic carbocycles. The second-order valence-corrected chi connectivity index (χ2v) is 9.34. The molecule has 0 saturated carbocycles. The second kappa shape index (κ2) is 12.0. The Balaban J connectivity index is 2.36. The first-order chi connectivity index (χ1) is 14.6. The summed E-state index contributed by atoms with van der Waals surface area (Å²) in [4.78, 5) is 27.9. The molecule has 1 N–H and O–H groups in total. The highest BCUT2D eigenvalue weighted by Gasteiger charge is 2.29. The Labute approximate surface area is 203 Å². The van der Waals surface area contributed by atoms with Gasteiger partial charge in [0.1, 0.15) is 6.04 Å². The summed E-state index contributed by atoms with van der Waals surface area (Å²) >= 11 is 24.7. The lowest BCUT2D eigenvalue weighted by Crippen LogP contribution is -2.50. The van der Waals surface area contributed by atoms with Crippen LogP contribution in [0.2, 0.25) is 20.1 Å². The molecule has 0 aromatic heterocycles. The Bertz CT molecular complexity index is 914. The van der Waals surface area contributed by atoms with E-state index in [4.69, 9.17) is 46.4 Å². The third-order valence-corrected chi connectivity index (χ3v) is 6.24. The smallest absolute Gasteiger partial charge is 0.242 e. The van der Waals surface area contributed by atoms with E-state index < -0.39 is 6.04 Å². The fraction of sp³-hybridized carbons (Fsp3) is 0.391. The molecule has 0 unspecified atom stereocenters. The standard InChI is InChI=1S/C23H26Cl4N2O2/c1-4-21(23(31)28-12-14(2)3)29(13-15-8-9-19(26)20(27)10-15)22(30)11-16-17(24)6-5-7-18(16)25/h5-10,14,21H,4,11-13H2,1-3H3,(H,28,31)/t21-/m1/s1. The maximum atomic E-state index is 13.4. The van der Waals surface area contributed by atoms with Gasteiger partial charge in [0.15, 0.2) is 0 Å². The van der Waals surface area contributed by atoms with Crippen LogP contribution in [0.3, 0.4) is 0 Å². The summed E-state index contributed by atoms with van der Waals surface area (Å²) in [6.07, 6.45) is 0.432. The van der Waals surface area contributed by atoms with Crippen molar-refractivity contribution in [1.29, 1.82) is 0 Å². The van der Waals surface area contributed by atoms with E-state index in [1.54, 1.807) is 41.3 Å². The maximum absolute atomic E-state index is 13.4. The van der Waals surface area contributed by atoms with Gasteiger partial charge in [0.2, 0.25) is 11.8 Å². The number of halogens is 4. The summed E-state index contributed by atoms with van der Waals surface area (Å²) in [5, 5.41) is 4.56. The number of hydrogen-bond acceptors (Lipinski definition) is 2. The van der Waals surface area contributed by atoms with Gasteiger partial charge in [0.25, 0.3) is 0 Å². The molecule has 0 saturated heterocycles. The van der Waals surface area contributed by atoms with Crippen LogP contribution in [0.25, 0.3) is 0 Å². The molecular formula is C23H26Cl4N2O2. The Morgan fingerprint density at radius 1 is 0.968 bits per heavy atom. The lowest BCUT2D eigenvalue weighted by Gasteiger charge is -2.31. The number of nitrogens with one attached hydrogen (secondary N) is 1. The number of hydrogen-bond donors (Lipinski definition) is 1. The molecule has 2 amide bonds. The van der Waals surface area contributed by atoms with Gasteiger partial charge in [-0.15, -0.1) is 0 Å². The highest BCUT2D eigenvalue weighted by atomic mass is 35.5. The zero-order chi connectivity index (χ0) is 23.1. The number of nitrogens with zero attached hydrogens (tertiary/aromatic N) is 1. The zero-order valence-corrected chi connectivity index (χ0v) is 20.7. The van der Waals surface area contributed by atoms with Crippen LogP contribution in [0.1, 0.15) is 38.3 Å². The quantitative estimate of drug-likeness (QED) is 0.429. The van der Waals surface area contributed by atoms with Crippen LogP contribution in [0, 0.1) is 5.92 Å². The van der Waals surface area contributed by atoms with Crippen LogP contribution in [0.15, 0.2) is 36.4 Å². The highest BCUT2D eigenvalue weighted by molar-refractivity contribution is 6.42. The summed E-state index contributed by atoms with van der Waals surface area (Å²) in [5.41, 5.74) is 1.30. The predicted molar refractivity (Wildman–Crippen MR) is 129 cm³/mol. The molecule has 0 aliphatic heterocycles. The average Bonchev–Trinajstić information content (AvgIpc) is 2.71. The third-order valence-electron chi connectivity index (χ3n) is 4.80. The van der Waals surface area contributed by atoms with E-state index in [9.17, 15) is 9.59 Å². The van der Waals surface area contributed by atoms with Crippen LogP contribution in [-0.4, -0.2) is 29.3 Å². The zero-order valence-electron chi connectivity index (χ0n) is 17.7. The van der Waals surface area contributed by atoms with Gasteiger partial charge in [-0.1, -0.05) is 79.3 Å². The van der Waals surface area contributed by atoms with Crippen molar-refractivity contribution in [2.45, 2.75) is 46.2 Å². The van der Waals surface area contributed by atoms with Crippen LogP contribution < -0.4 is 5.32 Å². The molecular weight excluding hydrogens is 478 g/mol. The van der Waals surface area contributed by atoms with E-state index in [0.717, 1.165) is 5.56 Å². The normalized spacial score (nSPS) is 12.0. The number of carbonyl (C=O) groups is 2. The summed E-state index contributed by atoms with van der Waals surface area (Å²) in [5.74, 6) is -0.162. The molecule has 0 heterocycles. The fourth-order valence-corrected chi connectivity index (χ4v) is 3.98. The first kappa shape index (κ1) is 25.8. The van der Waals surface area contributed by atoms with Gasteiger partial charge in [-0.25, -0.2) is 0 Å². The summed E-state index contributed by atoms with van der Waals surface area (Å²) in [7, 11) is 0. The van der Waals surface area contributed by atoms with Gasteiger partial charge in [-0.05, 0) is 47.7 Å². The lowest BCUT2D eigenvalue weighted by molar-refractivity contribution is -0.141. The van der Waals surface area contributed by atoms with Crippen molar-refractivity contribution in [1.82, 2.24) is 10.2 Å². The molecule has 2 aromatic rings. The number of carbonyl (C=O) groups excluding carboxylic acids is 2. The second-order valence-electron chi connectivity index (χ2n) is 7.71. The highest BCUT2D eigenvalue weighted by Crippen LogP contribution is 2.27. The van der Waals surface area contributed by atoms with Gasteiger partial charge < -0.3 is 10.2 Å². The number of benzene rings is 2. The van der Waals surface area contributed by atoms with Crippen molar-refractivity contribution >= 4 is 58.2 Å². The topological polar surface area (TPSA) is 49.4 Å². The Hall–Kier alpha value is -1.46. The Kier molecular flexibility index (Phi) is 9.95.